The van der Waals surface area contributed by atoms with E-state index < -0.39 is 0 Å². The number of aromatic hydroxyl groups is 2. The van der Waals surface area contributed by atoms with Gasteiger partial charge in [0.05, 0.1) is 5.60 Å². The van der Waals surface area contributed by atoms with Crippen LogP contribution in [0.1, 0.15) is 49.9 Å². The molecular weight excluding hydrogens is 270 g/mol. The van der Waals surface area contributed by atoms with Crippen LogP contribution in [-0.4, -0.2) is 34.4 Å². The number of amides is 1. The molecule has 5 heteroatoms. The molecule has 0 aliphatic carbocycles. The molecule has 1 unspecified atom stereocenters. The van der Waals surface area contributed by atoms with Gasteiger partial charge >= 0.3 is 0 Å². The summed E-state index contributed by atoms with van der Waals surface area (Å²) in [6, 6.07) is 4.16. The van der Waals surface area contributed by atoms with Gasteiger partial charge in [-0.25, -0.2) is 0 Å². The van der Waals surface area contributed by atoms with Crippen LogP contribution in [0, 0.1) is 0 Å². The second kappa shape index (κ2) is 6.35. The number of phenols is 2. The van der Waals surface area contributed by atoms with Gasteiger partial charge in [0.15, 0.2) is 11.5 Å². The molecule has 0 aromatic heterocycles. The van der Waals surface area contributed by atoms with Crippen LogP contribution >= 0.6 is 0 Å². The van der Waals surface area contributed by atoms with E-state index >= 15 is 0 Å². The number of nitrogens with one attached hydrogen (secondary N) is 1. The van der Waals surface area contributed by atoms with Crippen molar-refractivity contribution in [2.75, 3.05) is 6.61 Å². The van der Waals surface area contributed by atoms with Gasteiger partial charge in [-0.15, -0.1) is 0 Å². The summed E-state index contributed by atoms with van der Waals surface area (Å²) in [5.74, 6) is -0.752. The molecule has 3 N–H and O–H groups in total. The SMILES string of the molecule is CCC1(CC)CC(NC(=O)c2ccc(O)c(O)c2)CCO1. The predicted octanol–water partition coefficient (Wildman–Crippen LogP) is 2.57. The van der Waals surface area contributed by atoms with Crippen LogP contribution in [0.2, 0.25) is 0 Å². The molecule has 21 heavy (non-hydrogen) atoms. The van der Waals surface area contributed by atoms with Crippen LogP contribution < -0.4 is 5.32 Å². The van der Waals surface area contributed by atoms with Crippen molar-refractivity contribution in [3.63, 3.8) is 0 Å². The Morgan fingerprint density at radius 3 is 2.67 bits per heavy atom. The predicted molar refractivity (Wildman–Crippen MR) is 79.5 cm³/mol. The molecule has 1 saturated heterocycles. The molecule has 0 bridgehead atoms. The summed E-state index contributed by atoms with van der Waals surface area (Å²) >= 11 is 0. The lowest BCUT2D eigenvalue weighted by Crippen LogP contribution is -2.48. The third kappa shape index (κ3) is 3.47. The topological polar surface area (TPSA) is 78.8 Å². The lowest BCUT2D eigenvalue weighted by Gasteiger charge is -2.40. The van der Waals surface area contributed by atoms with Crippen LogP contribution in [0.4, 0.5) is 0 Å². The average Bonchev–Trinajstić information content (AvgIpc) is 2.50. The van der Waals surface area contributed by atoms with Gasteiger partial charge in [-0.2, -0.15) is 0 Å². The number of benzene rings is 1. The van der Waals surface area contributed by atoms with Crippen molar-refractivity contribution in [3.05, 3.63) is 23.8 Å². The highest BCUT2D eigenvalue weighted by Crippen LogP contribution is 2.31. The fourth-order valence-electron chi connectivity index (χ4n) is 2.83. The summed E-state index contributed by atoms with van der Waals surface area (Å²) in [6.45, 7) is 4.85. The zero-order valence-electron chi connectivity index (χ0n) is 12.6. The highest BCUT2D eigenvalue weighted by Gasteiger charge is 2.35. The number of hydrogen-bond acceptors (Lipinski definition) is 4. The molecule has 1 heterocycles. The number of carbonyl (C=O) groups excluding carboxylic acids is 1. The summed E-state index contributed by atoms with van der Waals surface area (Å²) < 4.78 is 5.89. The van der Waals surface area contributed by atoms with E-state index in [0.717, 1.165) is 25.7 Å². The van der Waals surface area contributed by atoms with Gasteiger partial charge in [0.1, 0.15) is 0 Å². The standard InChI is InChI=1S/C16H23NO4/c1-3-16(4-2)10-12(7-8-21-16)17-15(20)11-5-6-13(18)14(19)9-11/h5-6,9,12,18-19H,3-4,7-8,10H2,1-2H3,(H,17,20). The fraction of sp³-hybridized carbons (Fsp3) is 0.562. The number of hydrogen-bond donors (Lipinski definition) is 3. The molecule has 0 saturated carbocycles. The number of carbonyl (C=O) groups is 1. The van der Waals surface area contributed by atoms with Gasteiger partial charge in [0.2, 0.25) is 0 Å². The quantitative estimate of drug-likeness (QED) is 0.745. The normalized spacial score (nSPS) is 21.0. The van der Waals surface area contributed by atoms with Crippen molar-refractivity contribution < 1.29 is 19.7 Å². The Bertz CT molecular complexity index is 511. The number of ether oxygens (including phenoxy) is 1. The Morgan fingerprint density at radius 2 is 2.05 bits per heavy atom. The molecule has 1 amide bonds. The third-order valence-electron chi connectivity index (χ3n) is 4.35. The first kappa shape index (κ1) is 15.6. The largest absolute Gasteiger partial charge is 0.504 e. The maximum absolute atomic E-state index is 12.2. The maximum Gasteiger partial charge on any atom is 0.251 e. The highest BCUT2D eigenvalue weighted by atomic mass is 16.5. The van der Waals surface area contributed by atoms with E-state index in [2.05, 4.69) is 19.2 Å². The van der Waals surface area contributed by atoms with E-state index in [0.29, 0.717) is 12.2 Å². The Balaban J connectivity index is 2.03. The van der Waals surface area contributed by atoms with Gasteiger partial charge in [-0.05, 0) is 43.9 Å². The summed E-state index contributed by atoms with van der Waals surface area (Å²) in [4.78, 5) is 12.2. The first-order chi connectivity index (χ1) is 9.99. The van der Waals surface area contributed by atoms with Crippen molar-refractivity contribution in [1.29, 1.82) is 0 Å². The molecule has 1 aromatic carbocycles. The molecule has 1 aliphatic heterocycles. The van der Waals surface area contributed by atoms with E-state index in [1.807, 2.05) is 0 Å². The van der Waals surface area contributed by atoms with Gasteiger partial charge < -0.3 is 20.3 Å². The van der Waals surface area contributed by atoms with Crippen molar-refractivity contribution in [1.82, 2.24) is 5.32 Å². The van der Waals surface area contributed by atoms with Crippen molar-refractivity contribution >= 4 is 5.91 Å². The smallest absolute Gasteiger partial charge is 0.251 e. The summed E-state index contributed by atoms with van der Waals surface area (Å²) in [6.07, 6.45) is 3.44. The molecule has 1 aliphatic rings. The van der Waals surface area contributed by atoms with Crippen LogP contribution in [0.25, 0.3) is 0 Å². The van der Waals surface area contributed by atoms with Crippen molar-refractivity contribution in [3.8, 4) is 11.5 Å². The minimum atomic E-state index is -0.286. The van der Waals surface area contributed by atoms with Crippen LogP contribution in [0.15, 0.2) is 18.2 Å². The summed E-state index contributed by atoms with van der Waals surface area (Å²) in [5, 5.41) is 21.7. The molecule has 116 valence electrons. The second-order valence-corrected chi connectivity index (χ2v) is 5.61. The van der Waals surface area contributed by atoms with Crippen LogP contribution in [-0.2, 0) is 4.74 Å². The number of phenolic OH excluding ortho intramolecular Hbond substituents is 2. The maximum atomic E-state index is 12.2. The Labute approximate surface area is 124 Å². The molecule has 5 nitrogen and oxygen atoms in total. The van der Waals surface area contributed by atoms with Gasteiger partial charge in [-0.1, -0.05) is 13.8 Å². The van der Waals surface area contributed by atoms with E-state index in [-0.39, 0.29) is 29.0 Å². The molecule has 1 aromatic rings. The van der Waals surface area contributed by atoms with E-state index in [1.165, 1.54) is 18.2 Å². The first-order valence-corrected chi connectivity index (χ1v) is 7.46. The van der Waals surface area contributed by atoms with E-state index in [4.69, 9.17) is 4.74 Å². The molecule has 0 radical (unpaired) electrons. The Morgan fingerprint density at radius 1 is 1.33 bits per heavy atom. The van der Waals surface area contributed by atoms with Gasteiger partial charge in [0.25, 0.3) is 5.91 Å². The first-order valence-electron chi connectivity index (χ1n) is 7.46. The summed E-state index contributed by atoms with van der Waals surface area (Å²) in [7, 11) is 0. The Kier molecular flexibility index (Phi) is 4.73. The molecular formula is C16H23NO4. The second-order valence-electron chi connectivity index (χ2n) is 5.61. The molecule has 2 rings (SSSR count). The fourth-order valence-corrected chi connectivity index (χ4v) is 2.83. The van der Waals surface area contributed by atoms with Crippen LogP contribution in [0.3, 0.4) is 0 Å². The van der Waals surface area contributed by atoms with Gasteiger partial charge in [-0.3, -0.25) is 4.79 Å². The lowest BCUT2D eigenvalue weighted by molar-refractivity contribution is -0.0917. The van der Waals surface area contributed by atoms with Gasteiger partial charge in [0, 0.05) is 18.2 Å². The molecule has 0 spiro atoms. The van der Waals surface area contributed by atoms with E-state index in [9.17, 15) is 15.0 Å². The summed E-state index contributed by atoms with van der Waals surface area (Å²) in [5.41, 5.74) is 0.197. The monoisotopic (exact) mass is 293 g/mol. The lowest BCUT2D eigenvalue weighted by atomic mass is 9.86. The van der Waals surface area contributed by atoms with Crippen molar-refractivity contribution in [2.24, 2.45) is 0 Å². The molecule has 1 fully saturated rings. The molecule has 1 atom stereocenters. The third-order valence-corrected chi connectivity index (χ3v) is 4.35. The number of rotatable bonds is 4. The Hall–Kier alpha value is -1.75. The van der Waals surface area contributed by atoms with Crippen LogP contribution in [0.5, 0.6) is 11.5 Å². The minimum absolute atomic E-state index is 0.0714. The zero-order valence-corrected chi connectivity index (χ0v) is 12.6. The van der Waals surface area contributed by atoms with E-state index in [1.54, 1.807) is 0 Å². The highest BCUT2D eigenvalue weighted by molar-refractivity contribution is 5.95. The van der Waals surface area contributed by atoms with Crippen molar-refractivity contribution in [2.45, 2.75) is 51.2 Å². The zero-order chi connectivity index (χ0) is 15.5. The average molecular weight is 293 g/mol. The minimum Gasteiger partial charge on any atom is -0.504 e.